The third kappa shape index (κ3) is 4.50. The van der Waals surface area contributed by atoms with Gasteiger partial charge >= 0.3 is 0 Å². The van der Waals surface area contributed by atoms with Gasteiger partial charge in [-0.3, -0.25) is 4.68 Å². The van der Waals surface area contributed by atoms with E-state index in [0.717, 1.165) is 18.2 Å². The summed E-state index contributed by atoms with van der Waals surface area (Å²) in [5, 5.41) is 8.08. The van der Waals surface area contributed by atoms with Gasteiger partial charge in [0.1, 0.15) is 0 Å². The molecule has 0 saturated carbocycles. The van der Waals surface area contributed by atoms with Crippen molar-refractivity contribution in [2.45, 2.75) is 53.0 Å². The van der Waals surface area contributed by atoms with Crippen LogP contribution in [0.25, 0.3) is 0 Å². The molecule has 1 rings (SSSR count). The van der Waals surface area contributed by atoms with E-state index in [9.17, 15) is 0 Å². The highest BCUT2D eigenvalue weighted by molar-refractivity contribution is 5.13. The molecule has 17 heavy (non-hydrogen) atoms. The molecule has 0 radical (unpaired) electrons. The molecule has 1 unspecified atom stereocenters. The van der Waals surface area contributed by atoms with Gasteiger partial charge in [0.05, 0.1) is 11.4 Å². The van der Waals surface area contributed by atoms with Gasteiger partial charge in [0.2, 0.25) is 0 Å². The molecule has 98 valence electrons. The lowest BCUT2D eigenvalue weighted by molar-refractivity contribution is 0.421. The molecule has 1 aromatic heterocycles. The van der Waals surface area contributed by atoms with E-state index in [2.05, 4.69) is 44.2 Å². The van der Waals surface area contributed by atoms with E-state index < -0.39 is 0 Å². The summed E-state index contributed by atoms with van der Waals surface area (Å²) in [5.41, 5.74) is 2.42. The Labute approximate surface area is 106 Å². The summed E-state index contributed by atoms with van der Waals surface area (Å²) in [5.74, 6) is 0.759. The molecule has 0 aliphatic carbocycles. The molecule has 0 bridgehead atoms. The van der Waals surface area contributed by atoms with Gasteiger partial charge < -0.3 is 5.32 Å². The van der Waals surface area contributed by atoms with Crippen LogP contribution in [-0.2, 0) is 7.05 Å². The van der Waals surface area contributed by atoms with Gasteiger partial charge in [-0.25, -0.2) is 0 Å². The van der Waals surface area contributed by atoms with Gasteiger partial charge in [-0.05, 0) is 44.7 Å². The number of nitrogens with zero attached hydrogens (tertiary/aromatic N) is 2. The lowest BCUT2D eigenvalue weighted by Crippen LogP contribution is -2.24. The van der Waals surface area contributed by atoms with Gasteiger partial charge in [-0.1, -0.05) is 20.8 Å². The molecule has 0 saturated heterocycles. The first-order valence-corrected chi connectivity index (χ1v) is 6.78. The quantitative estimate of drug-likeness (QED) is 0.789. The maximum absolute atomic E-state index is 4.44. The van der Waals surface area contributed by atoms with Crippen molar-refractivity contribution in [1.29, 1.82) is 0 Å². The minimum Gasteiger partial charge on any atom is -0.309 e. The van der Waals surface area contributed by atoms with E-state index >= 15 is 0 Å². The first-order chi connectivity index (χ1) is 8.04. The topological polar surface area (TPSA) is 29.9 Å². The Hall–Kier alpha value is -0.830. The van der Waals surface area contributed by atoms with Crippen molar-refractivity contribution in [3.05, 3.63) is 17.5 Å². The van der Waals surface area contributed by atoms with Crippen LogP contribution in [0.1, 0.15) is 57.5 Å². The number of rotatable bonds is 7. The van der Waals surface area contributed by atoms with Crippen LogP contribution in [0, 0.1) is 12.8 Å². The predicted octanol–water partition coefficient (Wildman–Crippen LogP) is 3.21. The largest absolute Gasteiger partial charge is 0.309 e. The molecule has 0 spiro atoms. The molecule has 0 aliphatic heterocycles. The number of hydrogen-bond acceptors (Lipinski definition) is 2. The second kappa shape index (κ2) is 6.80. The smallest absolute Gasteiger partial charge is 0.0597 e. The van der Waals surface area contributed by atoms with Gasteiger partial charge in [-0.15, -0.1) is 0 Å². The number of hydrogen-bond donors (Lipinski definition) is 1. The SMILES string of the molecule is CCCNC(CCC(C)C)c1cc(C)nn1C. The van der Waals surface area contributed by atoms with E-state index in [1.165, 1.54) is 25.0 Å². The third-order valence-electron chi connectivity index (χ3n) is 3.07. The summed E-state index contributed by atoms with van der Waals surface area (Å²) in [6.45, 7) is 9.91. The average Bonchev–Trinajstić information content (AvgIpc) is 2.58. The molecule has 0 fully saturated rings. The molecule has 1 heterocycles. The van der Waals surface area contributed by atoms with E-state index in [0.29, 0.717) is 6.04 Å². The second-order valence-corrected chi connectivity index (χ2v) is 5.31. The highest BCUT2D eigenvalue weighted by atomic mass is 15.3. The van der Waals surface area contributed by atoms with Crippen LogP contribution >= 0.6 is 0 Å². The molecular formula is C14H27N3. The molecule has 1 aromatic rings. The number of aryl methyl sites for hydroxylation is 2. The van der Waals surface area contributed by atoms with E-state index in [1.807, 2.05) is 11.7 Å². The zero-order chi connectivity index (χ0) is 12.8. The Morgan fingerprint density at radius 1 is 1.35 bits per heavy atom. The molecule has 3 nitrogen and oxygen atoms in total. The van der Waals surface area contributed by atoms with Crippen molar-refractivity contribution >= 4 is 0 Å². The van der Waals surface area contributed by atoms with E-state index in [1.54, 1.807) is 0 Å². The Morgan fingerprint density at radius 3 is 2.53 bits per heavy atom. The molecule has 0 aliphatic rings. The van der Waals surface area contributed by atoms with Gasteiger partial charge in [0.15, 0.2) is 0 Å². The zero-order valence-corrected chi connectivity index (χ0v) is 12.0. The van der Waals surface area contributed by atoms with Crippen molar-refractivity contribution in [1.82, 2.24) is 15.1 Å². The van der Waals surface area contributed by atoms with Gasteiger partial charge in [-0.2, -0.15) is 5.10 Å². The maximum Gasteiger partial charge on any atom is 0.0597 e. The summed E-state index contributed by atoms with van der Waals surface area (Å²) in [6.07, 6.45) is 3.62. The molecule has 0 amide bonds. The van der Waals surface area contributed by atoms with Crippen LogP contribution in [-0.4, -0.2) is 16.3 Å². The van der Waals surface area contributed by atoms with Crippen LogP contribution in [0.15, 0.2) is 6.07 Å². The normalized spacial score (nSPS) is 13.3. The summed E-state index contributed by atoms with van der Waals surface area (Å²) in [7, 11) is 2.04. The third-order valence-corrected chi connectivity index (χ3v) is 3.07. The zero-order valence-electron chi connectivity index (χ0n) is 12.0. The fourth-order valence-electron chi connectivity index (χ4n) is 2.13. The van der Waals surface area contributed by atoms with E-state index in [-0.39, 0.29) is 0 Å². The molecule has 3 heteroatoms. The fourth-order valence-corrected chi connectivity index (χ4v) is 2.13. The lowest BCUT2D eigenvalue weighted by atomic mass is 10.0. The lowest BCUT2D eigenvalue weighted by Gasteiger charge is -2.19. The number of nitrogens with one attached hydrogen (secondary N) is 1. The maximum atomic E-state index is 4.44. The minimum absolute atomic E-state index is 0.448. The van der Waals surface area contributed by atoms with Crippen molar-refractivity contribution in [2.24, 2.45) is 13.0 Å². The summed E-state index contributed by atoms with van der Waals surface area (Å²) in [6, 6.07) is 2.65. The Bertz CT molecular complexity index is 328. The monoisotopic (exact) mass is 237 g/mol. The van der Waals surface area contributed by atoms with Crippen molar-refractivity contribution in [3.8, 4) is 0 Å². The number of aromatic nitrogens is 2. The second-order valence-electron chi connectivity index (χ2n) is 5.31. The predicted molar refractivity (Wildman–Crippen MR) is 73.1 cm³/mol. The summed E-state index contributed by atoms with van der Waals surface area (Å²) in [4.78, 5) is 0. The standard InChI is InChI=1S/C14H27N3/c1-6-9-15-13(8-7-11(2)3)14-10-12(4)16-17(14)5/h10-11,13,15H,6-9H2,1-5H3. The first kappa shape index (κ1) is 14.2. The molecular weight excluding hydrogens is 210 g/mol. The highest BCUT2D eigenvalue weighted by Gasteiger charge is 2.15. The molecule has 1 N–H and O–H groups in total. The van der Waals surface area contributed by atoms with Crippen molar-refractivity contribution < 1.29 is 0 Å². The van der Waals surface area contributed by atoms with Gasteiger partial charge in [0, 0.05) is 13.1 Å². The summed E-state index contributed by atoms with van der Waals surface area (Å²) < 4.78 is 2.02. The van der Waals surface area contributed by atoms with Crippen LogP contribution in [0.2, 0.25) is 0 Å². The van der Waals surface area contributed by atoms with Crippen LogP contribution in [0.4, 0.5) is 0 Å². The average molecular weight is 237 g/mol. The van der Waals surface area contributed by atoms with Crippen molar-refractivity contribution in [3.63, 3.8) is 0 Å². The Balaban J connectivity index is 2.70. The Kier molecular flexibility index (Phi) is 5.69. The first-order valence-electron chi connectivity index (χ1n) is 6.78. The van der Waals surface area contributed by atoms with Crippen LogP contribution in [0.5, 0.6) is 0 Å². The molecule has 0 aromatic carbocycles. The minimum atomic E-state index is 0.448. The van der Waals surface area contributed by atoms with Crippen LogP contribution < -0.4 is 5.32 Å². The van der Waals surface area contributed by atoms with Crippen LogP contribution in [0.3, 0.4) is 0 Å². The van der Waals surface area contributed by atoms with Crippen molar-refractivity contribution in [2.75, 3.05) is 6.54 Å². The summed E-state index contributed by atoms with van der Waals surface area (Å²) >= 11 is 0. The highest BCUT2D eigenvalue weighted by Crippen LogP contribution is 2.21. The Morgan fingerprint density at radius 2 is 2.06 bits per heavy atom. The van der Waals surface area contributed by atoms with Gasteiger partial charge in [0.25, 0.3) is 0 Å². The van der Waals surface area contributed by atoms with E-state index in [4.69, 9.17) is 0 Å². The molecule has 1 atom stereocenters. The fraction of sp³-hybridized carbons (Fsp3) is 0.786.